The molecule has 2 aliphatic rings. The number of carbonyl (C=O) groups is 1. The Hall–Kier alpha value is -1.50. The molecule has 2 aliphatic carbocycles. The van der Waals surface area contributed by atoms with Crippen LogP contribution in [-0.4, -0.2) is 29.9 Å². The lowest BCUT2D eigenvalue weighted by molar-refractivity contribution is -0.128. The van der Waals surface area contributed by atoms with Crippen molar-refractivity contribution in [1.29, 1.82) is 5.26 Å². The first-order valence-corrected chi connectivity index (χ1v) is 8.77. The highest BCUT2D eigenvalue weighted by Crippen LogP contribution is 2.24. The van der Waals surface area contributed by atoms with Crippen molar-refractivity contribution in [3.8, 4) is 6.07 Å². The lowest BCUT2D eigenvalue weighted by atomic mass is 9.86. The first kappa shape index (κ1) is 16.9. The summed E-state index contributed by atoms with van der Waals surface area (Å²) < 4.78 is 0. The SMILES string of the molecule is CC1CCCCC1N/C=C(/C#N)C(=O)N(C)C1CCCCC1. The quantitative estimate of drug-likeness (QED) is 0.640. The number of nitrogens with one attached hydrogen (secondary N) is 1. The van der Waals surface area contributed by atoms with Crippen LogP contribution in [0.5, 0.6) is 0 Å². The molecule has 122 valence electrons. The molecule has 0 spiro atoms. The molecule has 0 bridgehead atoms. The van der Waals surface area contributed by atoms with Crippen molar-refractivity contribution in [1.82, 2.24) is 10.2 Å². The Balaban J connectivity index is 1.95. The Bertz CT molecular complexity index is 446. The van der Waals surface area contributed by atoms with Gasteiger partial charge in [-0.2, -0.15) is 5.26 Å². The van der Waals surface area contributed by atoms with Crippen molar-refractivity contribution >= 4 is 5.91 Å². The molecule has 2 saturated carbocycles. The minimum atomic E-state index is -0.134. The highest BCUT2D eigenvalue weighted by Gasteiger charge is 2.25. The first-order valence-electron chi connectivity index (χ1n) is 8.77. The lowest BCUT2D eigenvalue weighted by Crippen LogP contribution is -2.40. The predicted octanol–water partition coefficient (Wildman–Crippen LogP) is 3.35. The fourth-order valence-electron chi connectivity index (χ4n) is 3.72. The van der Waals surface area contributed by atoms with E-state index in [1.54, 1.807) is 11.1 Å². The second kappa shape index (κ2) is 8.22. The van der Waals surface area contributed by atoms with Crippen molar-refractivity contribution < 1.29 is 4.79 Å². The van der Waals surface area contributed by atoms with E-state index in [0.717, 1.165) is 19.3 Å². The average Bonchev–Trinajstić information content (AvgIpc) is 2.56. The molecule has 2 atom stereocenters. The molecule has 2 rings (SSSR count). The summed E-state index contributed by atoms with van der Waals surface area (Å²) in [5.74, 6) is 0.474. The lowest BCUT2D eigenvalue weighted by Gasteiger charge is -2.31. The van der Waals surface area contributed by atoms with Crippen LogP contribution < -0.4 is 5.32 Å². The zero-order chi connectivity index (χ0) is 15.9. The van der Waals surface area contributed by atoms with E-state index >= 15 is 0 Å². The third-order valence-electron chi connectivity index (χ3n) is 5.35. The third-order valence-corrected chi connectivity index (χ3v) is 5.35. The van der Waals surface area contributed by atoms with E-state index in [1.807, 2.05) is 7.05 Å². The number of nitriles is 1. The molecule has 0 heterocycles. The average molecular weight is 303 g/mol. The Labute approximate surface area is 134 Å². The van der Waals surface area contributed by atoms with Crippen LogP contribution >= 0.6 is 0 Å². The van der Waals surface area contributed by atoms with Crippen molar-refractivity contribution in [2.75, 3.05) is 7.05 Å². The number of rotatable bonds is 4. The Morgan fingerprint density at radius 3 is 2.41 bits per heavy atom. The molecule has 0 aromatic carbocycles. The molecule has 1 amide bonds. The van der Waals surface area contributed by atoms with E-state index in [1.165, 1.54) is 38.5 Å². The highest BCUT2D eigenvalue weighted by atomic mass is 16.2. The number of likely N-dealkylation sites (N-methyl/N-ethyl adjacent to an activating group) is 1. The van der Waals surface area contributed by atoms with Crippen LogP contribution in [0, 0.1) is 17.2 Å². The zero-order valence-electron chi connectivity index (χ0n) is 14.0. The van der Waals surface area contributed by atoms with Crippen LogP contribution in [0.25, 0.3) is 0 Å². The van der Waals surface area contributed by atoms with Crippen molar-refractivity contribution in [2.45, 2.75) is 76.8 Å². The second-order valence-electron chi connectivity index (χ2n) is 6.91. The van der Waals surface area contributed by atoms with Gasteiger partial charge in [0.05, 0.1) is 0 Å². The molecular formula is C18H29N3O. The fraction of sp³-hybridized carbons (Fsp3) is 0.778. The van der Waals surface area contributed by atoms with Gasteiger partial charge in [0, 0.05) is 25.3 Å². The molecule has 0 aromatic heterocycles. The van der Waals surface area contributed by atoms with Gasteiger partial charge in [-0.15, -0.1) is 0 Å². The van der Waals surface area contributed by atoms with Gasteiger partial charge < -0.3 is 10.2 Å². The van der Waals surface area contributed by atoms with Gasteiger partial charge in [0.25, 0.3) is 5.91 Å². The smallest absolute Gasteiger partial charge is 0.265 e. The summed E-state index contributed by atoms with van der Waals surface area (Å²) in [5.41, 5.74) is 0.242. The molecular weight excluding hydrogens is 274 g/mol. The minimum Gasteiger partial charge on any atom is -0.387 e. The predicted molar refractivity (Wildman–Crippen MR) is 87.9 cm³/mol. The zero-order valence-corrected chi connectivity index (χ0v) is 14.0. The van der Waals surface area contributed by atoms with Gasteiger partial charge in [-0.1, -0.05) is 39.0 Å². The molecule has 22 heavy (non-hydrogen) atoms. The number of nitrogens with zero attached hydrogens (tertiary/aromatic N) is 2. The number of hydrogen-bond acceptors (Lipinski definition) is 3. The summed E-state index contributed by atoms with van der Waals surface area (Å²) in [4.78, 5) is 14.3. The van der Waals surface area contributed by atoms with Crippen LogP contribution in [0.15, 0.2) is 11.8 Å². The molecule has 1 N–H and O–H groups in total. The molecule has 0 aromatic rings. The van der Waals surface area contributed by atoms with Crippen molar-refractivity contribution in [3.63, 3.8) is 0 Å². The Morgan fingerprint density at radius 2 is 1.77 bits per heavy atom. The van der Waals surface area contributed by atoms with Crippen LogP contribution in [0.1, 0.15) is 64.7 Å². The molecule has 4 heteroatoms. The monoisotopic (exact) mass is 303 g/mol. The van der Waals surface area contributed by atoms with E-state index in [2.05, 4.69) is 18.3 Å². The largest absolute Gasteiger partial charge is 0.387 e. The maximum absolute atomic E-state index is 12.5. The minimum absolute atomic E-state index is 0.134. The Kier molecular flexibility index (Phi) is 6.30. The molecule has 0 radical (unpaired) electrons. The van der Waals surface area contributed by atoms with Crippen LogP contribution in [0.4, 0.5) is 0 Å². The normalized spacial score (nSPS) is 27.0. The van der Waals surface area contributed by atoms with Gasteiger partial charge >= 0.3 is 0 Å². The molecule has 0 saturated heterocycles. The highest BCUT2D eigenvalue weighted by molar-refractivity contribution is 5.97. The van der Waals surface area contributed by atoms with Crippen LogP contribution in [0.2, 0.25) is 0 Å². The molecule has 4 nitrogen and oxygen atoms in total. The summed E-state index contributed by atoms with van der Waals surface area (Å²) in [6.45, 7) is 2.24. The summed E-state index contributed by atoms with van der Waals surface area (Å²) in [7, 11) is 1.84. The fourth-order valence-corrected chi connectivity index (χ4v) is 3.72. The number of carbonyl (C=O) groups excluding carboxylic acids is 1. The van der Waals surface area contributed by atoms with Gasteiger partial charge in [-0.25, -0.2) is 0 Å². The van der Waals surface area contributed by atoms with E-state index in [9.17, 15) is 10.1 Å². The number of amides is 1. The van der Waals surface area contributed by atoms with Gasteiger partial charge in [0.2, 0.25) is 0 Å². The van der Waals surface area contributed by atoms with Crippen LogP contribution in [-0.2, 0) is 4.79 Å². The Morgan fingerprint density at radius 1 is 1.14 bits per heavy atom. The third kappa shape index (κ3) is 4.25. The summed E-state index contributed by atoms with van der Waals surface area (Å²) in [6, 6.07) is 2.77. The maximum Gasteiger partial charge on any atom is 0.265 e. The van der Waals surface area contributed by atoms with Crippen LogP contribution in [0.3, 0.4) is 0 Å². The topological polar surface area (TPSA) is 56.1 Å². The summed E-state index contributed by atoms with van der Waals surface area (Å²) in [6.07, 6.45) is 12.3. The van der Waals surface area contributed by atoms with Gasteiger partial charge in [-0.3, -0.25) is 4.79 Å². The summed E-state index contributed by atoms with van der Waals surface area (Å²) in [5, 5.41) is 12.7. The van der Waals surface area contributed by atoms with Gasteiger partial charge in [0.1, 0.15) is 11.6 Å². The molecule has 2 unspecified atom stereocenters. The van der Waals surface area contributed by atoms with E-state index in [0.29, 0.717) is 18.0 Å². The number of hydrogen-bond donors (Lipinski definition) is 1. The maximum atomic E-state index is 12.5. The molecule has 0 aliphatic heterocycles. The van der Waals surface area contributed by atoms with Crippen molar-refractivity contribution in [2.24, 2.45) is 5.92 Å². The first-order chi connectivity index (χ1) is 10.6. The summed E-state index contributed by atoms with van der Waals surface area (Å²) >= 11 is 0. The van der Waals surface area contributed by atoms with E-state index < -0.39 is 0 Å². The van der Waals surface area contributed by atoms with E-state index in [4.69, 9.17) is 0 Å². The second-order valence-corrected chi connectivity index (χ2v) is 6.91. The van der Waals surface area contributed by atoms with Gasteiger partial charge in [-0.05, 0) is 31.6 Å². The van der Waals surface area contributed by atoms with Crippen molar-refractivity contribution in [3.05, 3.63) is 11.8 Å². The van der Waals surface area contributed by atoms with Gasteiger partial charge in [0.15, 0.2) is 0 Å². The standard InChI is InChI=1S/C18H29N3O/c1-14-8-6-7-11-17(14)20-13-15(12-19)18(22)21(2)16-9-4-3-5-10-16/h13-14,16-17,20H,3-11H2,1-2H3/b15-13-. The van der Waals surface area contributed by atoms with E-state index in [-0.39, 0.29) is 11.5 Å². The molecule has 2 fully saturated rings.